The summed E-state index contributed by atoms with van der Waals surface area (Å²) in [6, 6.07) is 3.73. The second-order valence-corrected chi connectivity index (χ2v) is 4.84. The van der Waals surface area contributed by atoms with E-state index in [1.165, 1.54) is 18.4 Å². The van der Waals surface area contributed by atoms with Gasteiger partial charge in [-0.2, -0.15) is 0 Å². The molecule has 2 rings (SSSR count). The Kier molecular flexibility index (Phi) is 3.24. The Hall–Kier alpha value is -1.36. The van der Waals surface area contributed by atoms with E-state index in [0.29, 0.717) is 6.54 Å². The van der Waals surface area contributed by atoms with Gasteiger partial charge >= 0.3 is 5.97 Å². The smallest absolute Gasteiger partial charge is 0.310 e. The summed E-state index contributed by atoms with van der Waals surface area (Å²) in [7, 11) is 1.42. The summed E-state index contributed by atoms with van der Waals surface area (Å²) in [6.45, 7) is 1.53. The highest BCUT2D eigenvalue weighted by molar-refractivity contribution is 7.17. The van der Waals surface area contributed by atoms with E-state index in [1.807, 2.05) is 6.07 Å². The van der Waals surface area contributed by atoms with E-state index < -0.39 is 0 Å². The molecule has 16 heavy (non-hydrogen) atoms. The third-order valence-electron chi connectivity index (χ3n) is 2.76. The number of methoxy groups -OCH3 is 1. The lowest BCUT2D eigenvalue weighted by Crippen LogP contribution is -2.22. The van der Waals surface area contributed by atoms with Crippen molar-refractivity contribution < 1.29 is 14.3 Å². The minimum absolute atomic E-state index is 0.0354. The molecule has 0 radical (unpaired) electrons. The summed E-state index contributed by atoms with van der Waals surface area (Å²) in [5.41, 5.74) is 0. The van der Waals surface area contributed by atoms with Gasteiger partial charge in [0.1, 0.15) is 0 Å². The molecule has 0 bridgehead atoms. The normalized spacial score (nSPS) is 19.8. The van der Waals surface area contributed by atoms with Crippen LogP contribution in [0.2, 0.25) is 0 Å². The number of thiophene rings is 1. The van der Waals surface area contributed by atoms with Crippen molar-refractivity contribution in [3.8, 4) is 0 Å². The number of esters is 1. The van der Waals surface area contributed by atoms with Gasteiger partial charge in [0.05, 0.1) is 22.9 Å². The number of rotatable bonds is 3. The number of carbonyl (C=O) groups excluding carboxylic acids is 2. The molecule has 1 saturated heterocycles. The van der Waals surface area contributed by atoms with E-state index in [2.05, 4.69) is 4.90 Å². The molecule has 0 saturated carbocycles. The fraction of sp³-hybridized carbons (Fsp3) is 0.455. The van der Waals surface area contributed by atoms with Gasteiger partial charge < -0.3 is 9.64 Å². The summed E-state index contributed by atoms with van der Waals surface area (Å²) >= 11 is 1.46. The number of carbonyl (C=O) groups is 2. The molecule has 0 amide bonds. The Balaban J connectivity index is 2.03. The predicted octanol–water partition coefficient (Wildman–Crippen LogP) is 1.56. The second kappa shape index (κ2) is 4.65. The van der Waals surface area contributed by atoms with Crippen molar-refractivity contribution in [2.24, 2.45) is 5.92 Å². The van der Waals surface area contributed by atoms with Gasteiger partial charge in [-0.05, 0) is 18.6 Å². The van der Waals surface area contributed by atoms with E-state index >= 15 is 0 Å². The highest BCUT2D eigenvalue weighted by Crippen LogP contribution is 2.30. The maximum Gasteiger partial charge on any atom is 0.310 e. The summed E-state index contributed by atoms with van der Waals surface area (Å²) < 4.78 is 4.73. The average Bonchev–Trinajstić information content (AvgIpc) is 2.95. The Morgan fingerprint density at radius 2 is 2.44 bits per heavy atom. The van der Waals surface area contributed by atoms with E-state index in [9.17, 15) is 9.59 Å². The standard InChI is InChI=1S/C11H13NO3S/c1-15-11(14)8-4-5-12(6-8)10-3-2-9(7-13)16-10/h2-3,7-8H,4-6H2,1H3. The zero-order valence-electron chi connectivity index (χ0n) is 9.01. The highest BCUT2D eigenvalue weighted by atomic mass is 32.1. The molecule has 1 aromatic heterocycles. The van der Waals surface area contributed by atoms with E-state index in [-0.39, 0.29) is 11.9 Å². The molecule has 1 atom stereocenters. The van der Waals surface area contributed by atoms with Crippen molar-refractivity contribution in [3.63, 3.8) is 0 Å². The van der Waals surface area contributed by atoms with Crippen LogP contribution in [0, 0.1) is 5.92 Å². The van der Waals surface area contributed by atoms with Crippen molar-refractivity contribution >= 4 is 28.6 Å². The molecule has 1 unspecified atom stereocenters. The number of nitrogens with zero attached hydrogens (tertiary/aromatic N) is 1. The lowest BCUT2D eigenvalue weighted by Gasteiger charge is -2.15. The SMILES string of the molecule is COC(=O)C1CCN(c2ccc(C=O)s2)C1. The van der Waals surface area contributed by atoms with Gasteiger partial charge in [0.25, 0.3) is 0 Å². The van der Waals surface area contributed by atoms with Gasteiger partial charge in [0, 0.05) is 13.1 Å². The Morgan fingerprint density at radius 1 is 1.62 bits per heavy atom. The first-order chi connectivity index (χ1) is 7.74. The van der Waals surface area contributed by atoms with Crippen LogP contribution in [0.5, 0.6) is 0 Å². The fourth-order valence-electron chi connectivity index (χ4n) is 1.90. The van der Waals surface area contributed by atoms with Crippen LogP contribution in [-0.2, 0) is 9.53 Å². The van der Waals surface area contributed by atoms with Crippen LogP contribution in [0.1, 0.15) is 16.1 Å². The highest BCUT2D eigenvalue weighted by Gasteiger charge is 2.29. The molecule has 0 aliphatic carbocycles. The van der Waals surface area contributed by atoms with Crippen molar-refractivity contribution in [2.75, 3.05) is 25.1 Å². The van der Waals surface area contributed by atoms with Crippen LogP contribution >= 0.6 is 11.3 Å². The van der Waals surface area contributed by atoms with Crippen molar-refractivity contribution in [2.45, 2.75) is 6.42 Å². The van der Waals surface area contributed by atoms with Gasteiger partial charge in [-0.3, -0.25) is 9.59 Å². The molecule has 0 aromatic carbocycles. The van der Waals surface area contributed by atoms with Crippen LogP contribution in [0.25, 0.3) is 0 Å². The topological polar surface area (TPSA) is 46.6 Å². The van der Waals surface area contributed by atoms with Crippen molar-refractivity contribution in [1.29, 1.82) is 0 Å². The zero-order valence-corrected chi connectivity index (χ0v) is 9.83. The lowest BCUT2D eigenvalue weighted by molar-refractivity contribution is -0.144. The summed E-state index contributed by atoms with van der Waals surface area (Å²) in [5.74, 6) is -0.179. The Bertz CT molecular complexity index is 402. The van der Waals surface area contributed by atoms with E-state index in [4.69, 9.17) is 4.74 Å². The molecule has 1 aliphatic rings. The molecule has 2 heterocycles. The van der Waals surface area contributed by atoms with Gasteiger partial charge in [0.15, 0.2) is 6.29 Å². The quantitative estimate of drug-likeness (QED) is 0.593. The molecule has 1 aliphatic heterocycles. The molecular weight excluding hydrogens is 226 g/mol. The summed E-state index contributed by atoms with van der Waals surface area (Å²) in [6.07, 6.45) is 1.67. The number of anilines is 1. The first kappa shape index (κ1) is 11.1. The Labute approximate surface area is 97.8 Å². The van der Waals surface area contributed by atoms with Crippen LogP contribution in [0.4, 0.5) is 5.00 Å². The zero-order chi connectivity index (χ0) is 11.5. The molecule has 1 aromatic rings. The molecular formula is C11H13NO3S. The predicted molar refractivity (Wildman–Crippen MR) is 62.0 cm³/mol. The maximum atomic E-state index is 11.4. The largest absolute Gasteiger partial charge is 0.469 e. The molecule has 4 nitrogen and oxygen atoms in total. The Morgan fingerprint density at radius 3 is 3.06 bits per heavy atom. The number of aldehydes is 1. The molecule has 0 spiro atoms. The van der Waals surface area contributed by atoms with Gasteiger partial charge in [-0.15, -0.1) is 11.3 Å². The first-order valence-electron chi connectivity index (χ1n) is 5.12. The second-order valence-electron chi connectivity index (χ2n) is 3.75. The van der Waals surface area contributed by atoms with Crippen molar-refractivity contribution in [1.82, 2.24) is 0 Å². The van der Waals surface area contributed by atoms with E-state index in [1.54, 1.807) is 6.07 Å². The number of ether oxygens (including phenoxy) is 1. The number of hydrogen-bond donors (Lipinski definition) is 0. The third-order valence-corrected chi connectivity index (χ3v) is 3.83. The third kappa shape index (κ3) is 2.09. The van der Waals surface area contributed by atoms with Crippen LogP contribution in [-0.4, -0.2) is 32.5 Å². The summed E-state index contributed by atoms with van der Waals surface area (Å²) in [4.78, 5) is 24.8. The monoisotopic (exact) mass is 239 g/mol. The van der Waals surface area contributed by atoms with Crippen LogP contribution in [0.15, 0.2) is 12.1 Å². The molecule has 0 N–H and O–H groups in total. The average molecular weight is 239 g/mol. The van der Waals surface area contributed by atoms with Gasteiger partial charge in [-0.25, -0.2) is 0 Å². The van der Waals surface area contributed by atoms with Crippen LogP contribution in [0.3, 0.4) is 0 Å². The van der Waals surface area contributed by atoms with Gasteiger partial charge in [0.2, 0.25) is 0 Å². The maximum absolute atomic E-state index is 11.4. The lowest BCUT2D eigenvalue weighted by atomic mass is 10.1. The van der Waals surface area contributed by atoms with Crippen LogP contribution < -0.4 is 4.90 Å². The molecule has 86 valence electrons. The minimum atomic E-state index is -0.144. The molecule has 1 fully saturated rings. The fourth-order valence-corrected chi connectivity index (χ4v) is 2.75. The van der Waals surface area contributed by atoms with Gasteiger partial charge in [-0.1, -0.05) is 0 Å². The van der Waals surface area contributed by atoms with E-state index in [0.717, 1.165) is 29.1 Å². The molecule has 5 heteroatoms. The first-order valence-corrected chi connectivity index (χ1v) is 5.94. The minimum Gasteiger partial charge on any atom is -0.469 e. The number of hydrogen-bond acceptors (Lipinski definition) is 5. The van der Waals surface area contributed by atoms with Crippen molar-refractivity contribution in [3.05, 3.63) is 17.0 Å². The summed E-state index contributed by atoms with van der Waals surface area (Å²) in [5, 5.41) is 1.05.